The van der Waals surface area contributed by atoms with Gasteiger partial charge in [0, 0.05) is 58.2 Å². The number of thiophene rings is 1. The molecule has 0 aliphatic carbocycles. The van der Waals surface area contributed by atoms with Crippen LogP contribution < -0.4 is 5.32 Å². The van der Waals surface area contributed by atoms with Crippen LogP contribution in [0.15, 0.2) is 12.1 Å². The van der Waals surface area contributed by atoms with E-state index in [0.29, 0.717) is 5.92 Å². The maximum absolute atomic E-state index is 11.3. The molecule has 0 amide bonds. The van der Waals surface area contributed by atoms with Crippen LogP contribution in [0.1, 0.15) is 23.6 Å². The van der Waals surface area contributed by atoms with Gasteiger partial charge in [0.05, 0.1) is 0 Å². The van der Waals surface area contributed by atoms with E-state index >= 15 is 0 Å². The zero-order valence-electron chi connectivity index (χ0n) is 11.9. The van der Waals surface area contributed by atoms with E-state index < -0.39 is 10.8 Å². The van der Waals surface area contributed by atoms with Crippen LogP contribution in [0, 0.1) is 5.92 Å². The first-order valence-corrected chi connectivity index (χ1v) is 9.29. The highest BCUT2D eigenvalue weighted by Gasteiger charge is 2.15. The van der Waals surface area contributed by atoms with Crippen LogP contribution in [0.25, 0.3) is 0 Å². The lowest BCUT2D eigenvalue weighted by atomic mass is 10.2. The molecule has 19 heavy (non-hydrogen) atoms. The van der Waals surface area contributed by atoms with E-state index in [4.69, 9.17) is 0 Å². The van der Waals surface area contributed by atoms with Gasteiger partial charge in [-0.15, -0.1) is 11.3 Å². The summed E-state index contributed by atoms with van der Waals surface area (Å²) in [6, 6.07) is 4.47. The molecule has 2 heterocycles. The minimum atomic E-state index is -0.571. The number of rotatable bonds is 6. The van der Waals surface area contributed by atoms with Gasteiger partial charge in [-0.1, -0.05) is 13.8 Å². The van der Waals surface area contributed by atoms with Gasteiger partial charge in [-0.2, -0.15) is 0 Å². The molecule has 5 heteroatoms. The van der Waals surface area contributed by atoms with Crippen molar-refractivity contribution in [2.75, 3.05) is 31.1 Å². The summed E-state index contributed by atoms with van der Waals surface area (Å²) >= 11 is 1.90. The summed E-state index contributed by atoms with van der Waals surface area (Å²) in [7, 11) is -0.571. The fraction of sp³-hybridized carbons (Fsp3) is 0.714. The SMILES string of the molecule is CC(C)CNCc1ccc(CN2CCS(=O)CC2)s1. The molecule has 1 saturated heterocycles. The monoisotopic (exact) mass is 300 g/mol. The molecule has 108 valence electrons. The first-order valence-electron chi connectivity index (χ1n) is 6.99. The second kappa shape index (κ2) is 7.53. The molecule has 0 aromatic carbocycles. The molecule has 0 atom stereocenters. The Bertz CT molecular complexity index is 407. The van der Waals surface area contributed by atoms with E-state index in [9.17, 15) is 4.21 Å². The van der Waals surface area contributed by atoms with Crippen molar-refractivity contribution in [3.05, 3.63) is 21.9 Å². The summed E-state index contributed by atoms with van der Waals surface area (Å²) in [4.78, 5) is 5.25. The number of hydrogen-bond acceptors (Lipinski definition) is 4. The van der Waals surface area contributed by atoms with E-state index in [2.05, 4.69) is 36.2 Å². The lowest BCUT2D eigenvalue weighted by molar-refractivity contribution is 0.294. The topological polar surface area (TPSA) is 32.3 Å². The first kappa shape index (κ1) is 15.2. The van der Waals surface area contributed by atoms with E-state index in [-0.39, 0.29) is 0 Å². The van der Waals surface area contributed by atoms with E-state index in [0.717, 1.165) is 44.2 Å². The average molecular weight is 300 g/mol. The Kier molecular flexibility index (Phi) is 6.01. The van der Waals surface area contributed by atoms with Crippen LogP contribution in [-0.2, 0) is 23.9 Å². The molecule has 1 N–H and O–H groups in total. The normalized spacial score (nSPS) is 18.3. The van der Waals surface area contributed by atoms with Gasteiger partial charge in [-0.3, -0.25) is 9.11 Å². The smallest absolute Gasteiger partial charge is 0.0363 e. The van der Waals surface area contributed by atoms with Crippen LogP contribution in [0.3, 0.4) is 0 Å². The molecule has 0 saturated carbocycles. The molecule has 1 aliphatic heterocycles. The molecule has 0 bridgehead atoms. The van der Waals surface area contributed by atoms with E-state index in [1.807, 2.05) is 11.3 Å². The Hall–Kier alpha value is -0.230. The minimum Gasteiger partial charge on any atom is -0.312 e. The second-order valence-electron chi connectivity index (χ2n) is 5.52. The standard InChI is InChI=1S/C14H24N2OS2/c1-12(2)9-15-10-13-3-4-14(18-13)11-16-5-7-19(17)8-6-16/h3-4,12,15H,5-11H2,1-2H3. The van der Waals surface area contributed by atoms with E-state index in [1.165, 1.54) is 9.75 Å². The summed E-state index contributed by atoms with van der Waals surface area (Å²) in [6.45, 7) is 9.49. The summed E-state index contributed by atoms with van der Waals surface area (Å²) in [5.74, 6) is 2.39. The molecule has 1 aliphatic rings. The number of hydrogen-bond donors (Lipinski definition) is 1. The van der Waals surface area contributed by atoms with E-state index in [1.54, 1.807) is 0 Å². The van der Waals surface area contributed by atoms with Crippen LogP contribution in [0.2, 0.25) is 0 Å². The third-order valence-electron chi connectivity index (χ3n) is 3.22. The number of nitrogens with zero attached hydrogens (tertiary/aromatic N) is 1. The molecule has 0 spiro atoms. The van der Waals surface area contributed by atoms with Gasteiger partial charge < -0.3 is 5.32 Å². The quantitative estimate of drug-likeness (QED) is 0.873. The zero-order chi connectivity index (χ0) is 13.7. The van der Waals surface area contributed by atoms with Crippen molar-refractivity contribution < 1.29 is 4.21 Å². The van der Waals surface area contributed by atoms with Gasteiger partial charge in [0.2, 0.25) is 0 Å². The van der Waals surface area contributed by atoms with Crippen LogP contribution in [0.5, 0.6) is 0 Å². The van der Waals surface area contributed by atoms with Crippen molar-refractivity contribution in [2.45, 2.75) is 26.9 Å². The van der Waals surface area contributed by atoms with Crippen molar-refractivity contribution in [2.24, 2.45) is 5.92 Å². The minimum absolute atomic E-state index is 0.571. The predicted octanol–water partition coefficient (Wildman–Crippen LogP) is 2.06. The Morgan fingerprint density at radius 2 is 2.00 bits per heavy atom. The molecule has 1 aromatic rings. The fourth-order valence-corrected chi connectivity index (χ4v) is 4.30. The second-order valence-corrected chi connectivity index (χ2v) is 8.47. The van der Waals surface area contributed by atoms with Crippen molar-refractivity contribution in [1.29, 1.82) is 0 Å². The molecule has 2 rings (SSSR count). The van der Waals surface area contributed by atoms with Crippen LogP contribution in [-0.4, -0.2) is 40.2 Å². The molecular weight excluding hydrogens is 276 g/mol. The summed E-state index contributed by atoms with van der Waals surface area (Å²) in [5, 5.41) is 3.48. The third kappa shape index (κ3) is 5.34. The molecule has 3 nitrogen and oxygen atoms in total. The molecule has 0 unspecified atom stereocenters. The predicted molar refractivity (Wildman–Crippen MR) is 84.0 cm³/mol. The Labute approximate surface area is 122 Å². The van der Waals surface area contributed by atoms with Gasteiger partial charge >= 0.3 is 0 Å². The fourth-order valence-electron chi connectivity index (χ4n) is 2.14. The highest BCUT2D eigenvalue weighted by molar-refractivity contribution is 7.85. The summed E-state index contributed by atoms with van der Waals surface area (Å²) in [5.41, 5.74) is 0. The Morgan fingerprint density at radius 3 is 2.68 bits per heavy atom. The lowest BCUT2D eigenvalue weighted by Gasteiger charge is -2.25. The Balaban J connectivity index is 1.75. The first-order chi connectivity index (χ1) is 9.13. The van der Waals surface area contributed by atoms with Gasteiger partial charge in [-0.05, 0) is 24.6 Å². The van der Waals surface area contributed by atoms with Gasteiger partial charge in [0.1, 0.15) is 0 Å². The largest absolute Gasteiger partial charge is 0.312 e. The highest BCUT2D eigenvalue weighted by atomic mass is 32.2. The van der Waals surface area contributed by atoms with Gasteiger partial charge in [-0.25, -0.2) is 0 Å². The van der Waals surface area contributed by atoms with Crippen molar-refractivity contribution in [3.63, 3.8) is 0 Å². The summed E-state index contributed by atoms with van der Waals surface area (Å²) in [6.07, 6.45) is 0. The van der Waals surface area contributed by atoms with Gasteiger partial charge in [0.25, 0.3) is 0 Å². The molecule has 0 radical (unpaired) electrons. The maximum atomic E-state index is 11.3. The number of nitrogens with one attached hydrogen (secondary N) is 1. The zero-order valence-corrected chi connectivity index (χ0v) is 13.5. The van der Waals surface area contributed by atoms with Gasteiger partial charge in [0.15, 0.2) is 0 Å². The average Bonchev–Trinajstić information content (AvgIpc) is 2.79. The molecular formula is C14H24N2OS2. The summed E-state index contributed by atoms with van der Waals surface area (Å²) < 4.78 is 11.3. The lowest BCUT2D eigenvalue weighted by Crippen LogP contribution is -2.36. The highest BCUT2D eigenvalue weighted by Crippen LogP contribution is 2.19. The molecule has 1 fully saturated rings. The molecule has 1 aromatic heterocycles. The Morgan fingerprint density at radius 1 is 1.32 bits per heavy atom. The van der Waals surface area contributed by atoms with Crippen LogP contribution in [0.4, 0.5) is 0 Å². The van der Waals surface area contributed by atoms with Crippen molar-refractivity contribution >= 4 is 22.1 Å². The maximum Gasteiger partial charge on any atom is 0.0363 e. The van der Waals surface area contributed by atoms with Crippen molar-refractivity contribution in [1.82, 2.24) is 10.2 Å². The van der Waals surface area contributed by atoms with Crippen molar-refractivity contribution in [3.8, 4) is 0 Å². The van der Waals surface area contributed by atoms with Crippen LogP contribution >= 0.6 is 11.3 Å². The third-order valence-corrected chi connectivity index (χ3v) is 5.56.